The molecule has 1 aromatic carbocycles. The standard InChI is InChI=1S/C10H10F2N2O/c11-6-2-1-3-7(12)9(6)14-5-4-8(13)10(14)15/h1-3,8H,4-5,13H2/t8-/m1/s1. The van der Waals surface area contributed by atoms with Gasteiger partial charge in [-0.05, 0) is 18.6 Å². The van der Waals surface area contributed by atoms with Crippen LogP contribution in [0.4, 0.5) is 14.5 Å². The maximum absolute atomic E-state index is 13.3. The van der Waals surface area contributed by atoms with Crippen molar-refractivity contribution >= 4 is 11.6 Å². The van der Waals surface area contributed by atoms with E-state index in [-0.39, 0.29) is 12.2 Å². The fourth-order valence-electron chi connectivity index (χ4n) is 1.67. The molecule has 1 aliphatic rings. The molecule has 0 aliphatic carbocycles. The summed E-state index contributed by atoms with van der Waals surface area (Å²) in [5, 5.41) is 0. The first kappa shape index (κ1) is 10.0. The number of hydrogen-bond donors (Lipinski definition) is 1. The molecule has 1 saturated heterocycles. The van der Waals surface area contributed by atoms with Crippen LogP contribution >= 0.6 is 0 Å². The van der Waals surface area contributed by atoms with Gasteiger partial charge >= 0.3 is 0 Å². The van der Waals surface area contributed by atoms with Crippen LogP contribution in [0.3, 0.4) is 0 Å². The van der Waals surface area contributed by atoms with Gasteiger partial charge in [0.1, 0.15) is 17.3 Å². The van der Waals surface area contributed by atoms with E-state index in [9.17, 15) is 13.6 Å². The summed E-state index contributed by atoms with van der Waals surface area (Å²) < 4.78 is 26.7. The summed E-state index contributed by atoms with van der Waals surface area (Å²) in [6.07, 6.45) is 0.423. The van der Waals surface area contributed by atoms with Gasteiger partial charge in [-0.1, -0.05) is 6.07 Å². The van der Waals surface area contributed by atoms with Gasteiger partial charge in [0.2, 0.25) is 5.91 Å². The Morgan fingerprint density at radius 2 is 1.93 bits per heavy atom. The highest BCUT2D eigenvalue weighted by Gasteiger charge is 2.32. The number of nitrogens with zero attached hydrogens (tertiary/aromatic N) is 1. The van der Waals surface area contributed by atoms with E-state index in [0.717, 1.165) is 17.0 Å². The van der Waals surface area contributed by atoms with Gasteiger partial charge in [0.25, 0.3) is 0 Å². The van der Waals surface area contributed by atoms with Crippen LogP contribution in [-0.2, 0) is 4.79 Å². The molecule has 1 aromatic rings. The van der Waals surface area contributed by atoms with Crippen molar-refractivity contribution in [1.29, 1.82) is 0 Å². The molecule has 1 aliphatic heterocycles. The number of amides is 1. The largest absolute Gasteiger partial charge is 0.320 e. The fraction of sp³-hybridized carbons (Fsp3) is 0.300. The number of benzene rings is 1. The number of nitrogens with two attached hydrogens (primary N) is 1. The summed E-state index contributed by atoms with van der Waals surface area (Å²) in [5.41, 5.74) is 5.17. The third-order valence-electron chi connectivity index (χ3n) is 2.45. The van der Waals surface area contributed by atoms with E-state index in [2.05, 4.69) is 0 Å². The maximum Gasteiger partial charge on any atom is 0.244 e. The third-order valence-corrected chi connectivity index (χ3v) is 2.45. The topological polar surface area (TPSA) is 46.3 Å². The number of rotatable bonds is 1. The molecule has 5 heteroatoms. The van der Waals surface area contributed by atoms with Gasteiger partial charge in [0.15, 0.2) is 0 Å². The van der Waals surface area contributed by atoms with Crippen LogP contribution in [0.2, 0.25) is 0 Å². The lowest BCUT2D eigenvalue weighted by Gasteiger charge is -2.17. The van der Waals surface area contributed by atoms with Crippen LogP contribution in [0, 0.1) is 11.6 Å². The molecule has 0 spiro atoms. The quantitative estimate of drug-likeness (QED) is 0.755. The van der Waals surface area contributed by atoms with E-state index in [1.54, 1.807) is 0 Å². The monoisotopic (exact) mass is 212 g/mol. The number of anilines is 1. The molecule has 2 N–H and O–H groups in total. The average molecular weight is 212 g/mol. The Kier molecular flexibility index (Phi) is 2.40. The number of carbonyl (C=O) groups excluding carboxylic acids is 1. The Morgan fingerprint density at radius 3 is 2.40 bits per heavy atom. The molecule has 2 rings (SSSR count). The van der Waals surface area contributed by atoms with E-state index in [4.69, 9.17) is 5.73 Å². The zero-order chi connectivity index (χ0) is 11.0. The first-order valence-electron chi connectivity index (χ1n) is 4.62. The first-order valence-corrected chi connectivity index (χ1v) is 4.62. The van der Waals surface area contributed by atoms with Gasteiger partial charge in [-0.15, -0.1) is 0 Å². The van der Waals surface area contributed by atoms with Crippen molar-refractivity contribution in [2.24, 2.45) is 5.73 Å². The van der Waals surface area contributed by atoms with Crippen LogP contribution in [-0.4, -0.2) is 18.5 Å². The molecule has 0 radical (unpaired) electrons. The third kappa shape index (κ3) is 1.59. The summed E-state index contributed by atoms with van der Waals surface area (Å²) in [6, 6.07) is 2.85. The highest BCUT2D eigenvalue weighted by Crippen LogP contribution is 2.26. The van der Waals surface area contributed by atoms with Crippen molar-refractivity contribution in [3.8, 4) is 0 Å². The van der Waals surface area contributed by atoms with Gasteiger partial charge in [-0.2, -0.15) is 0 Å². The molecule has 1 fully saturated rings. The van der Waals surface area contributed by atoms with Crippen molar-refractivity contribution < 1.29 is 13.6 Å². The minimum atomic E-state index is -0.738. The molecule has 3 nitrogen and oxygen atoms in total. The second kappa shape index (κ2) is 3.58. The van der Waals surface area contributed by atoms with Crippen LogP contribution in [0.5, 0.6) is 0 Å². The molecule has 15 heavy (non-hydrogen) atoms. The van der Waals surface area contributed by atoms with Crippen LogP contribution in [0.1, 0.15) is 6.42 Å². The Bertz CT molecular complexity index is 388. The van der Waals surface area contributed by atoms with Crippen LogP contribution in [0.25, 0.3) is 0 Å². The zero-order valence-electron chi connectivity index (χ0n) is 7.91. The van der Waals surface area contributed by atoms with Crippen molar-refractivity contribution in [3.63, 3.8) is 0 Å². The SMILES string of the molecule is N[C@@H]1CCN(c2c(F)cccc2F)C1=O. The number of hydrogen-bond acceptors (Lipinski definition) is 2. The van der Waals surface area contributed by atoms with E-state index in [1.807, 2.05) is 0 Å². The Hall–Kier alpha value is -1.49. The van der Waals surface area contributed by atoms with Crippen molar-refractivity contribution in [2.75, 3.05) is 11.4 Å². The molecular weight excluding hydrogens is 202 g/mol. The second-order valence-electron chi connectivity index (χ2n) is 3.46. The lowest BCUT2D eigenvalue weighted by Crippen LogP contribution is -2.34. The number of para-hydroxylation sites is 1. The summed E-state index contributed by atoms with van der Waals surface area (Å²) in [7, 11) is 0. The molecular formula is C10H10F2N2O. The Labute approximate surface area is 85.5 Å². The molecule has 0 bridgehead atoms. The minimum Gasteiger partial charge on any atom is -0.320 e. The Morgan fingerprint density at radius 1 is 1.33 bits per heavy atom. The van der Waals surface area contributed by atoms with Crippen LogP contribution < -0.4 is 10.6 Å². The highest BCUT2D eigenvalue weighted by molar-refractivity contribution is 5.99. The average Bonchev–Trinajstić information content (AvgIpc) is 2.49. The van der Waals surface area contributed by atoms with E-state index in [0.29, 0.717) is 6.42 Å². The van der Waals surface area contributed by atoms with Crippen molar-refractivity contribution in [2.45, 2.75) is 12.5 Å². The normalized spacial score (nSPS) is 21.1. The summed E-state index contributed by atoms with van der Waals surface area (Å²) >= 11 is 0. The molecule has 80 valence electrons. The van der Waals surface area contributed by atoms with E-state index in [1.165, 1.54) is 6.07 Å². The summed E-state index contributed by atoms with van der Waals surface area (Å²) in [5.74, 6) is -1.91. The Balaban J connectivity index is 2.42. The predicted octanol–water partition coefficient (Wildman–Crippen LogP) is 1.03. The van der Waals surface area contributed by atoms with Crippen LogP contribution in [0.15, 0.2) is 18.2 Å². The first-order chi connectivity index (χ1) is 7.11. The maximum atomic E-state index is 13.3. The van der Waals surface area contributed by atoms with Gasteiger partial charge in [0, 0.05) is 6.54 Å². The lowest BCUT2D eigenvalue weighted by atomic mass is 10.2. The van der Waals surface area contributed by atoms with Gasteiger partial charge in [-0.25, -0.2) is 8.78 Å². The number of carbonyl (C=O) groups is 1. The smallest absolute Gasteiger partial charge is 0.244 e. The summed E-state index contributed by atoms with van der Waals surface area (Å²) in [4.78, 5) is 12.5. The zero-order valence-corrected chi connectivity index (χ0v) is 7.91. The van der Waals surface area contributed by atoms with Gasteiger partial charge in [0.05, 0.1) is 6.04 Å². The van der Waals surface area contributed by atoms with Crippen molar-refractivity contribution in [1.82, 2.24) is 0 Å². The molecule has 0 saturated carbocycles. The highest BCUT2D eigenvalue weighted by atomic mass is 19.1. The van der Waals surface area contributed by atoms with Crippen molar-refractivity contribution in [3.05, 3.63) is 29.8 Å². The lowest BCUT2D eigenvalue weighted by molar-refractivity contribution is -0.118. The van der Waals surface area contributed by atoms with Gasteiger partial charge < -0.3 is 10.6 Å². The molecule has 0 aromatic heterocycles. The molecule has 1 atom stereocenters. The minimum absolute atomic E-state index is 0.262. The molecule has 1 amide bonds. The number of halogens is 2. The van der Waals surface area contributed by atoms with Gasteiger partial charge in [-0.3, -0.25) is 4.79 Å². The second-order valence-corrected chi connectivity index (χ2v) is 3.46. The fourth-order valence-corrected chi connectivity index (χ4v) is 1.67. The molecule has 0 unspecified atom stereocenters. The molecule has 1 heterocycles. The predicted molar refractivity (Wildman–Crippen MR) is 51.3 cm³/mol. The summed E-state index contributed by atoms with van der Waals surface area (Å²) in [6.45, 7) is 0.262. The van der Waals surface area contributed by atoms with E-state index >= 15 is 0 Å². The van der Waals surface area contributed by atoms with E-state index < -0.39 is 23.6 Å².